The van der Waals surface area contributed by atoms with Crippen LogP contribution in [0.25, 0.3) is 0 Å². The van der Waals surface area contributed by atoms with E-state index in [4.69, 9.17) is 23.2 Å². The number of carbonyl (C=O) groups is 2. The number of hydrogen-bond donors (Lipinski definition) is 2. The molecule has 7 nitrogen and oxygen atoms in total. The van der Waals surface area contributed by atoms with Crippen molar-refractivity contribution in [3.05, 3.63) is 69.7 Å². The molecule has 35 heavy (non-hydrogen) atoms. The fraction of sp³-hybridized carbons (Fsp3) is 0.440. The highest BCUT2D eigenvalue weighted by molar-refractivity contribution is 7.88. The van der Waals surface area contributed by atoms with Gasteiger partial charge in [-0.3, -0.25) is 9.59 Å². The number of benzene rings is 2. The van der Waals surface area contributed by atoms with Crippen molar-refractivity contribution in [2.24, 2.45) is 5.41 Å². The van der Waals surface area contributed by atoms with Crippen molar-refractivity contribution in [2.45, 2.75) is 51.1 Å². The van der Waals surface area contributed by atoms with Crippen molar-refractivity contribution in [3.8, 4) is 0 Å². The third-order valence-corrected chi connectivity index (χ3v) is 7.76. The lowest BCUT2D eigenvalue weighted by molar-refractivity contribution is -0.160. The summed E-state index contributed by atoms with van der Waals surface area (Å²) in [6.07, 6.45) is 1.47. The maximum absolute atomic E-state index is 14.0. The Balaban J connectivity index is 2.22. The number of rotatable bonds is 9. The molecule has 190 valence electrons. The topological polar surface area (TPSA) is 104 Å². The molecule has 0 spiro atoms. The number of carbonyl (C=O) groups excluding carboxylic acids is 1. The highest BCUT2D eigenvalue weighted by atomic mass is 35.5. The monoisotopic (exact) mass is 540 g/mol. The fourth-order valence-electron chi connectivity index (χ4n) is 4.97. The van der Waals surface area contributed by atoms with Gasteiger partial charge in [0.15, 0.2) is 0 Å². The van der Waals surface area contributed by atoms with Gasteiger partial charge in [0.05, 0.1) is 24.1 Å². The number of carboxylic acid groups (broad SMARTS) is 1. The van der Waals surface area contributed by atoms with E-state index in [0.717, 1.165) is 17.4 Å². The molecule has 0 saturated carbocycles. The lowest BCUT2D eigenvalue weighted by atomic mass is 9.67. The summed E-state index contributed by atoms with van der Waals surface area (Å²) in [5, 5.41) is 10.7. The van der Waals surface area contributed by atoms with Gasteiger partial charge in [0, 0.05) is 28.5 Å². The van der Waals surface area contributed by atoms with Crippen molar-refractivity contribution in [2.75, 3.05) is 12.8 Å². The van der Waals surface area contributed by atoms with Crippen LogP contribution in [0.5, 0.6) is 0 Å². The number of aliphatic carboxylic acids is 1. The van der Waals surface area contributed by atoms with Crippen LogP contribution < -0.4 is 4.72 Å². The zero-order valence-corrected chi connectivity index (χ0v) is 22.2. The van der Waals surface area contributed by atoms with Crippen molar-refractivity contribution in [1.82, 2.24) is 9.62 Å². The smallest absolute Gasteiger partial charge is 0.304 e. The molecule has 0 aliphatic carbocycles. The van der Waals surface area contributed by atoms with Gasteiger partial charge < -0.3 is 10.0 Å². The van der Waals surface area contributed by atoms with E-state index in [9.17, 15) is 23.1 Å². The third-order valence-electron chi connectivity index (χ3n) is 6.58. The molecular weight excluding hydrogens is 511 g/mol. The van der Waals surface area contributed by atoms with E-state index in [1.807, 2.05) is 37.3 Å². The number of nitrogens with one attached hydrogen (secondary N) is 1. The van der Waals surface area contributed by atoms with Crippen LogP contribution in [-0.4, -0.2) is 49.1 Å². The number of halogens is 2. The summed E-state index contributed by atoms with van der Waals surface area (Å²) in [4.78, 5) is 27.5. The second-order valence-electron chi connectivity index (χ2n) is 9.39. The molecule has 2 aromatic carbocycles. The number of amides is 1. The third kappa shape index (κ3) is 6.55. The molecule has 1 fully saturated rings. The van der Waals surface area contributed by atoms with Crippen LogP contribution in [0.4, 0.5) is 0 Å². The summed E-state index contributed by atoms with van der Waals surface area (Å²) in [5.41, 5.74) is 0.501. The van der Waals surface area contributed by atoms with E-state index in [-0.39, 0.29) is 31.2 Å². The van der Waals surface area contributed by atoms with Gasteiger partial charge in [-0.1, -0.05) is 61.3 Å². The molecule has 3 rings (SSSR count). The zero-order chi connectivity index (χ0) is 26.0. The largest absolute Gasteiger partial charge is 0.481 e. The first kappa shape index (κ1) is 27.5. The summed E-state index contributed by atoms with van der Waals surface area (Å²) < 4.78 is 26.3. The van der Waals surface area contributed by atoms with Crippen LogP contribution in [0.2, 0.25) is 10.0 Å². The van der Waals surface area contributed by atoms with Gasteiger partial charge >= 0.3 is 5.97 Å². The number of hydrogen-bond acceptors (Lipinski definition) is 4. The first-order valence-electron chi connectivity index (χ1n) is 11.3. The molecule has 0 radical (unpaired) electrons. The van der Waals surface area contributed by atoms with E-state index in [1.54, 1.807) is 30.0 Å². The molecule has 4 atom stereocenters. The number of likely N-dealkylation sites (tertiary alicyclic amines) is 1. The lowest BCUT2D eigenvalue weighted by Gasteiger charge is -2.51. The van der Waals surface area contributed by atoms with Gasteiger partial charge in [0.25, 0.3) is 0 Å². The molecule has 1 saturated heterocycles. The van der Waals surface area contributed by atoms with Gasteiger partial charge in [-0.2, -0.15) is 0 Å². The highest BCUT2D eigenvalue weighted by Gasteiger charge is 2.52. The van der Waals surface area contributed by atoms with Crippen molar-refractivity contribution in [3.63, 3.8) is 0 Å². The lowest BCUT2D eigenvalue weighted by Crippen LogP contribution is -2.58. The molecule has 0 bridgehead atoms. The minimum atomic E-state index is -3.51. The Morgan fingerprint density at radius 1 is 1.17 bits per heavy atom. The van der Waals surface area contributed by atoms with E-state index < -0.39 is 33.5 Å². The predicted octanol–water partition coefficient (Wildman–Crippen LogP) is 4.86. The van der Waals surface area contributed by atoms with Crippen molar-refractivity contribution < 1.29 is 23.1 Å². The summed E-state index contributed by atoms with van der Waals surface area (Å²) >= 11 is 12.5. The predicted molar refractivity (Wildman–Crippen MR) is 137 cm³/mol. The Bertz CT molecular complexity index is 1190. The van der Waals surface area contributed by atoms with Gasteiger partial charge in [-0.05, 0) is 48.2 Å². The molecule has 1 aliphatic heterocycles. The molecule has 0 unspecified atom stereocenters. The van der Waals surface area contributed by atoms with E-state index in [1.165, 1.54) is 0 Å². The minimum absolute atomic E-state index is 0.0105. The summed E-state index contributed by atoms with van der Waals surface area (Å²) in [5.74, 6) is -1.68. The Labute approximate surface area is 216 Å². The Morgan fingerprint density at radius 2 is 1.83 bits per heavy atom. The maximum atomic E-state index is 14.0. The van der Waals surface area contributed by atoms with E-state index in [2.05, 4.69) is 4.72 Å². The van der Waals surface area contributed by atoms with Crippen LogP contribution in [0.3, 0.4) is 0 Å². The molecule has 1 aliphatic rings. The Hall–Kier alpha value is -2.13. The molecule has 1 heterocycles. The minimum Gasteiger partial charge on any atom is -0.481 e. The standard InChI is InChI=1S/C25H30Cl2N2O5S/c1-4-20(15-28-35(3,33)34)29-23(16-8-10-18(26)11-9-16)21(17-6-5-7-19(27)12-17)13-25(2,24(29)32)14-22(30)31/h5-12,20-21,23,28H,4,13-15H2,1-3H3,(H,30,31)/t20-,21+,23+,25-/m0/s1. The van der Waals surface area contributed by atoms with Gasteiger partial charge in [-0.15, -0.1) is 0 Å². The molecule has 0 aromatic heterocycles. The molecule has 10 heteroatoms. The second kappa shape index (κ2) is 10.9. The van der Waals surface area contributed by atoms with E-state index >= 15 is 0 Å². The first-order chi connectivity index (χ1) is 16.3. The fourth-order valence-corrected chi connectivity index (χ4v) is 5.79. The Morgan fingerprint density at radius 3 is 2.37 bits per heavy atom. The number of nitrogens with zero attached hydrogens (tertiary/aromatic N) is 1. The van der Waals surface area contributed by atoms with Crippen LogP contribution in [0.1, 0.15) is 56.2 Å². The van der Waals surface area contributed by atoms with Gasteiger partial charge in [0.2, 0.25) is 15.9 Å². The molecule has 2 N–H and O–H groups in total. The molecule has 2 aromatic rings. The van der Waals surface area contributed by atoms with Gasteiger partial charge in [0.1, 0.15) is 0 Å². The number of piperidine rings is 1. The highest BCUT2D eigenvalue weighted by Crippen LogP contribution is 2.52. The van der Waals surface area contributed by atoms with Crippen molar-refractivity contribution >= 4 is 45.1 Å². The van der Waals surface area contributed by atoms with Crippen LogP contribution in [0, 0.1) is 5.41 Å². The average molecular weight is 541 g/mol. The van der Waals surface area contributed by atoms with E-state index in [0.29, 0.717) is 16.5 Å². The quantitative estimate of drug-likeness (QED) is 0.472. The van der Waals surface area contributed by atoms with Crippen molar-refractivity contribution in [1.29, 1.82) is 0 Å². The van der Waals surface area contributed by atoms with Gasteiger partial charge in [-0.25, -0.2) is 13.1 Å². The van der Waals surface area contributed by atoms with Crippen LogP contribution in [-0.2, 0) is 19.6 Å². The average Bonchev–Trinajstić information content (AvgIpc) is 2.76. The summed E-state index contributed by atoms with van der Waals surface area (Å²) in [6.45, 7) is 3.55. The molecular formula is C25H30Cl2N2O5S. The SMILES string of the molecule is CC[C@@H](CNS(C)(=O)=O)N1C(=O)[C@](C)(CC(=O)O)C[C@H](c2cccc(Cl)c2)[C@H]1c1ccc(Cl)cc1. The second-order valence-corrected chi connectivity index (χ2v) is 12.1. The number of sulfonamides is 1. The molecule has 1 amide bonds. The van der Waals surface area contributed by atoms with Crippen LogP contribution >= 0.6 is 23.2 Å². The normalized spacial score (nSPS) is 23.8. The maximum Gasteiger partial charge on any atom is 0.304 e. The summed E-state index contributed by atoms with van der Waals surface area (Å²) in [7, 11) is -3.51. The first-order valence-corrected chi connectivity index (χ1v) is 14.0. The summed E-state index contributed by atoms with van der Waals surface area (Å²) in [6, 6.07) is 13.5. The number of carboxylic acids is 1. The Kier molecular flexibility index (Phi) is 8.52. The zero-order valence-electron chi connectivity index (χ0n) is 19.9. The van der Waals surface area contributed by atoms with Crippen LogP contribution in [0.15, 0.2) is 48.5 Å².